The van der Waals surface area contributed by atoms with Gasteiger partial charge in [0, 0.05) is 24.1 Å². The van der Waals surface area contributed by atoms with Gasteiger partial charge >= 0.3 is 12.4 Å². The number of ether oxygens (including phenoxy) is 1. The predicted octanol–water partition coefficient (Wildman–Crippen LogP) is 4.34. The van der Waals surface area contributed by atoms with Crippen LogP contribution in [-0.2, 0) is 21.9 Å². The minimum Gasteiger partial charge on any atom is -0.381 e. The molecule has 2 aliphatic rings. The van der Waals surface area contributed by atoms with Crippen LogP contribution in [0.15, 0.2) is 22.7 Å². The lowest BCUT2D eigenvalue weighted by Gasteiger charge is -2.36. The molecule has 0 aliphatic carbocycles. The summed E-state index contributed by atoms with van der Waals surface area (Å²) in [6.07, 6.45) is -9.93. The molecule has 3 heterocycles. The van der Waals surface area contributed by atoms with Crippen LogP contribution in [0.25, 0.3) is 0 Å². The molecule has 0 unspecified atom stereocenters. The first kappa shape index (κ1) is 26.8. The summed E-state index contributed by atoms with van der Waals surface area (Å²) in [5.74, 6) is -6.66. The largest absolute Gasteiger partial charge is 0.436 e. The lowest BCUT2D eigenvalue weighted by molar-refractivity contribution is -0.143. The van der Waals surface area contributed by atoms with Gasteiger partial charge < -0.3 is 19.5 Å². The zero-order chi connectivity index (χ0) is 27.3. The third-order valence-electron chi connectivity index (χ3n) is 6.24. The van der Waals surface area contributed by atoms with Crippen LogP contribution in [0.1, 0.15) is 46.8 Å². The summed E-state index contributed by atoms with van der Waals surface area (Å²) in [6.45, 7) is 1.64. The first-order valence-corrected chi connectivity index (χ1v) is 11.0. The van der Waals surface area contributed by atoms with Gasteiger partial charge in [-0.3, -0.25) is 9.59 Å². The maximum absolute atomic E-state index is 14.7. The molecule has 4 rings (SSSR count). The highest BCUT2D eigenvalue weighted by Crippen LogP contribution is 2.37. The van der Waals surface area contributed by atoms with Crippen molar-refractivity contribution < 1.29 is 54.0 Å². The Morgan fingerprint density at radius 2 is 1.73 bits per heavy atom. The Morgan fingerprint density at radius 3 is 2.27 bits per heavy atom. The first-order chi connectivity index (χ1) is 17.2. The van der Waals surface area contributed by atoms with Crippen molar-refractivity contribution in [1.29, 1.82) is 0 Å². The number of aromatic nitrogens is 1. The van der Waals surface area contributed by atoms with Crippen LogP contribution in [0.5, 0.6) is 0 Å². The second kappa shape index (κ2) is 9.58. The van der Waals surface area contributed by atoms with E-state index in [9.17, 15) is 44.7 Å². The maximum atomic E-state index is 14.7. The third-order valence-corrected chi connectivity index (χ3v) is 6.24. The Hall–Kier alpha value is -3.23. The highest BCUT2D eigenvalue weighted by atomic mass is 19.4. The van der Waals surface area contributed by atoms with Gasteiger partial charge in [0.1, 0.15) is 17.7 Å². The Morgan fingerprint density at radius 1 is 1.05 bits per heavy atom. The van der Waals surface area contributed by atoms with Crippen LogP contribution < -0.4 is 5.32 Å². The van der Waals surface area contributed by atoms with Crippen molar-refractivity contribution in [1.82, 2.24) is 15.4 Å². The zero-order valence-corrected chi connectivity index (χ0v) is 18.9. The monoisotopic (exact) mass is 541 g/mol. The minimum atomic E-state index is -5.14. The zero-order valence-electron chi connectivity index (χ0n) is 18.9. The van der Waals surface area contributed by atoms with E-state index < -0.39 is 76.4 Å². The SMILES string of the molecule is C[C@@H]1C[C@H](C(=O)N[C@@H](c2cc(F)c(C(F)(F)F)cc2F)C2COC2)N(C(=O)c2cc(C(F)(F)F)no2)C1. The normalized spacial score (nSPS) is 21.6. The molecular formula is C22H19F8N3O4. The molecule has 0 saturated carbocycles. The van der Waals surface area contributed by atoms with Crippen molar-refractivity contribution in [3.05, 3.63) is 52.4 Å². The second-order valence-electron chi connectivity index (χ2n) is 9.02. The quantitative estimate of drug-likeness (QED) is 0.570. The van der Waals surface area contributed by atoms with Crippen LogP contribution in [-0.4, -0.2) is 47.7 Å². The number of nitrogens with one attached hydrogen (secondary N) is 1. The Labute approximate surface area is 203 Å². The van der Waals surface area contributed by atoms with Crippen molar-refractivity contribution in [2.45, 2.75) is 37.8 Å². The second-order valence-corrected chi connectivity index (χ2v) is 9.02. The lowest BCUT2D eigenvalue weighted by Crippen LogP contribution is -2.50. The van der Waals surface area contributed by atoms with Crippen LogP contribution >= 0.6 is 0 Å². The molecule has 202 valence electrons. The van der Waals surface area contributed by atoms with Gasteiger partial charge in [-0.1, -0.05) is 12.1 Å². The van der Waals surface area contributed by atoms with Gasteiger partial charge in [-0.25, -0.2) is 8.78 Å². The highest BCUT2D eigenvalue weighted by Gasteiger charge is 2.44. The molecule has 37 heavy (non-hydrogen) atoms. The van der Waals surface area contributed by atoms with Crippen molar-refractivity contribution in [2.75, 3.05) is 19.8 Å². The van der Waals surface area contributed by atoms with Gasteiger partial charge in [-0.15, -0.1) is 0 Å². The molecule has 7 nitrogen and oxygen atoms in total. The number of benzene rings is 1. The van der Waals surface area contributed by atoms with Gasteiger partial charge in [-0.2, -0.15) is 26.3 Å². The molecule has 2 amide bonds. The molecule has 2 aliphatic heterocycles. The smallest absolute Gasteiger partial charge is 0.381 e. The fraction of sp³-hybridized carbons (Fsp3) is 0.500. The van der Waals surface area contributed by atoms with Crippen LogP contribution in [0.2, 0.25) is 0 Å². The summed E-state index contributed by atoms with van der Waals surface area (Å²) >= 11 is 0. The third kappa shape index (κ3) is 5.40. The van der Waals surface area contributed by atoms with Crippen LogP contribution in [0.3, 0.4) is 0 Å². The summed E-state index contributed by atoms with van der Waals surface area (Å²) in [5.41, 5.74) is -3.79. The average Bonchev–Trinajstić information content (AvgIpc) is 3.39. The van der Waals surface area contributed by atoms with E-state index in [1.54, 1.807) is 6.92 Å². The average molecular weight is 541 g/mol. The fourth-order valence-electron chi connectivity index (χ4n) is 4.33. The van der Waals surface area contributed by atoms with E-state index >= 15 is 0 Å². The van der Waals surface area contributed by atoms with Gasteiger partial charge in [0.2, 0.25) is 11.7 Å². The number of amides is 2. The van der Waals surface area contributed by atoms with E-state index in [-0.39, 0.29) is 38.2 Å². The van der Waals surface area contributed by atoms with Crippen LogP contribution in [0.4, 0.5) is 35.1 Å². The molecule has 1 N–H and O–H groups in total. The Balaban J connectivity index is 1.59. The molecule has 0 bridgehead atoms. The van der Waals surface area contributed by atoms with Crippen LogP contribution in [0, 0.1) is 23.5 Å². The number of nitrogens with zero attached hydrogens (tertiary/aromatic N) is 2. The van der Waals surface area contributed by atoms with Crippen molar-refractivity contribution in [3.63, 3.8) is 0 Å². The summed E-state index contributed by atoms with van der Waals surface area (Å²) < 4.78 is 116. The minimum absolute atomic E-state index is 0.00103. The number of rotatable bonds is 5. The molecule has 3 atom stereocenters. The number of alkyl halides is 6. The molecule has 2 aromatic rings. The first-order valence-electron chi connectivity index (χ1n) is 11.0. The standard InChI is InChI=1S/C22H19F8N3O4/c1-9-2-15(33(6-9)20(35)16-5-17(32-37-16)22(28,29)30)19(34)31-18(10-7-36-8-10)11-3-14(24)12(4-13(11)23)21(25,26)27/h3-5,9-10,15,18H,2,6-8H2,1H3,(H,31,34)/t9-,15-,18-/m1/s1. The summed E-state index contributed by atoms with van der Waals surface area (Å²) in [6, 6.07) is -1.77. The van der Waals surface area contributed by atoms with Gasteiger partial charge in [0.15, 0.2) is 5.69 Å². The van der Waals surface area contributed by atoms with Crippen molar-refractivity contribution >= 4 is 11.8 Å². The summed E-state index contributed by atoms with van der Waals surface area (Å²) in [4.78, 5) is 27.0. The summed E-state index contributed by atoms with van der Waals surface area (Å²) in [7, 11) is 0. The number of carbonyl (C=O) groups excluding carboxylic acids is 2. The van der Waals surface area contributed by atoms with Crippen molar-refractivity contribution in [3.8, 4) is 0 Å². The Bertz CT molecular complexity index is 1190. The molecule has 0 radical (unpaired) electrons. The van der Waals surface area contributed by atoms with E-state index in [1.807, 2.05) is 0 Å². The van der Waals surface area contributed by atoms with Gasteiger partial charge in [-0.05, 0) is 24.5 Å². The predicted molar refractivity (Wildman–Crippen MR) is 107 cm³/mol. The molecule has 1 aromatic carbocycles. The van der Waals surface area contributed by atoms with E-state index in [2.05, 4.69) is 15.0 Å². The lowest BCUT2D eigenvalue weighted by atomic mass is 9.89. The Kier molecular flexibility index (Phi) is 6.94. The molecule has 2 fully saturated rings. The molecular weight excluding hydrogens is 522 g/mol. The van der Waals surface area contributed by atoms with E-state index in [4.69, 9.17) is 4.74 Å². The van der Waals surface area contributed by atoms with Gasteiger partial charge in [0.05, 0.1) is 24.8 Å². The number of hydrogen-bond acceptors (Lipinski definition) is 5. The van der Waals surface area contributed by atoms with E-state index in [0.29, 0.717) is 12.1 Å². The fourth-order valence-corrected chi connectivity index (χ4v) is 4.33. The topological polar surface area (TPSA) is 84.7 Å². The van der Waals surface area contributed by atoms with E-state index in [0.717, 1.165) is 4.90 Å². The van der Waals surface area contributed by atoms with E-state index in [1.165, 1.54) is 0 Å². The van der Waals surface area contributed by atoms with Crippen molar-refractivity contribution in [2.24, 2.45) is 11.8 Å². The maximum Gasteiger partial charge on any atom is 0.436 e. The molecule has 1 aromatic heterocycles. The van der Waals surface area contributed by atoms with Gasteiger partial charge in [0.25, 0.3) is 5.91 Å². The number of hydrogen-bond donors (Lipinski definition) is 1. The highest BCUT2D eigenvalue weighted by molar-refractivity contribution is 5.96. The molecule has 0 spiro atoms. The number of likely N-dealkylation sites (tertiary alicyclic amines) is 1. The summed E-state index contributed by atoms with van der Waals surface area (Å²) in [5, 5.41) is 5.28. The molecule has 2 saturated heterocycles. The molecule has 15 heteroatoms. The number of halogens is 8. The number of carbonyl (C=O) groups is 2.